The molecular weight excluding hydrogens is 228 g/mol. The number of carbonyl (C=O) groups excluding carboxylic acids is 1. The number of carbonyl (C=O) groups is 1. The molecule has 18 heavy (non-hydrogen) atoms. The van der Waals surface area contributed by atoms with Crippen molar-refractivity contribution in [1.29, 1.82) is 5.26 Å². The first-order valence-corrected chi connectivity index (χ1v) is 5.45. The minimum Gasteiger partial charge on any atom is -0.305 e. The highest BCUT2D eigenvalue weighted by molar-refractivity contribution is 6.04. The Morgan fingerprint density at radius 2 is 2.00 bits per heavy atom. The fourth-order valence-electron chi connectivity index (χ4n) is 1.48. The van der Waals surface area contributed by atoms with Gasteiger partial charge in [-0.1, -0.05) is 0 Å². The van der Waals surface area contributed by atoms with Crippen molar-refractivity contribution in [2.24, 2.45) is 0 Å². The summed E-state index contributed by atoms with van der Waals surface area (Å²) in [4.78, 5) is 11.9. The van der Waals surface area contributed by atoms with Gasteiger partial charge in [-0.2, -0.15) is 10.4 Å². The monoisotopic (exact) mass is 240 g/mol. The van der Waals surface area contributed by atoms with Crippen LogP contribution in [0.2, 0.25) is 0 Å². The largest absolute Gasteiger partial charge is 0.305 e. The van der Waals surface area contributed by atoms with Gasteiger partial charge >= 0.3 is 0 Å². The zero-order chi connectivity index (χ0) is 13.1. The van der Waals surface area contributed by atoms with Crippen molar-refractivity contribution in [3.63, 3.8) is 0 Å². The van der Waals surface area contributed by atoms with Crippen LogP contribution in [0.25, 0.3) is 0 Å². The molecule has 2 N–H and O–H groups in total. The molecule has 2 aromatic rings. The zero-order valence-corrected chi connectivity index (χ0v) is 10.1. The Labute approximate surface area is 104 Å². The first-order valence-electron chi connectivity index (χ1n) is 5.45. The highest BCUT2D eigenvalue weighted by atomic mass is 16.1. The molecule has 5 heteroatoms. The summed E-state index contributed by atoms with van der Waals surface area (Å²) in [5.41, 5.74) is 2.86. The minimum atomic E-state index is -0.242. The lowest BCUT2D eigenvalue weighted by atomic mass is 10.1. The molecule has 0 saturated heterocycles. The number of nitriles is 1. The average molecular weight is 240 g/mol. The molecule has 0 bridgehead atoms. The van der Waals surface area contributed by atoms with E-state index in [1.807, 2.05) is 19.9 Å². The Kier molecular flexibility index (Phi) is 3.11. The predicted molar refractivity (Wildman–Crippen MR) is 67.2 cm³/mol. The van der Waals surface area contributed by atoms with Crippen LogP contribution in [-0.2, 0) is 0 Å². The van der Waals surface area contributed by atoms with Crippen molar-refractivity contribution in [1.82, 2.24) is 10.2 Å². The number of hydrogen-bond acceptors (Lipinski definition) is 3. The van der Waals surface area contributed by atoms with Gasteiger partial charge in [-0.15, -0.1) is 0 Å². The summed E-state index contributed by atoms with van der Waals surface area (Å²) in [5, 5.41) is 18.2. The number of aryl methyl sites for hydroxylation is 1. The smallest absolute Gasteiger partial charge is 0.256 e. The molecule has 1 aromatic carbocycles. The maximum Gasteiger partial charge on any atom is 0.256 e. The number of nitrogens with zero attached hydrogens (tertiary/aromatic N) is 2. The summed E-state index contributed by atoms with van der Waals surface area (Å²) in [6.07, 6.45) is 0. The number of hydrogen-bond donors (Lipinski definition) is 2. The van der Waals surface area contributed by atoms with Gasteiger partial charge < -0.3 is 5.32 Å². The van der Waals surface area contributed by atoms with Gasteiger partial charge in [0.2, 0.25) is 0 Å². The van der Waals surface area contributed by atoms with Gasteiger partial charge in [0.1, 0.15) is 0 Å². The molecular formula is C13H12N4O. The molecule has 1 aromatic heterocycles. The third kappa shape index (κ3) is 2.23. The molecule has 0 radical (unpaired) electrons. The van der Waals surface area contributed by atoms with E-state index in [0.29, 0.717) is 16.9 Å². The molecule has 0 saturated carbocycles. The van der Waals surface area contributed by atoms with Crippen LogP contribution < -0.4 is 5.32 Å². The van der Waals surface area contributed by atoms with E-state index in [0.717, 1.165) is 11.3 Å². The summed E-state index contributed by atoms with van der Waals surface area (Å²) < 4.78 is 0. The molecule has 1 amide bonds. The molecule has 0 aliphatic rings. The van der Waals surface area contributed by atoms with Gasteiger partial charge in [0.15, 0.2) is 5.82 Å². The third-order valence-corrected chi connectivity index (χ3v) is 2.76. The standard InChI is InChI=1S/C13H12N4O/c1-8-9(2)16-17-12(8)15-13(18)11-5-3-10(7-14)4-6-11/h3-6H,1-2H3,(H2,15,16,17,18). The maximum absolute atomic E-state index is 11.9. The van der Waals surface area contributed by atoms with Crippen LogP contribution in [0, 0.1) is 25.2 Å². The van der Waals surface area contributed by atoms with Gasteiger partial charge in [0, 0.05) is 16.8 Å². The SMILES string of the molecule is Cc1[nH]nc(NC(=O)c2ccc(C#N)cc2)c1C. The topological polar surface area (TPSA) is 81.6 Å². The van der Waals surface area contributed by atoms with E-state index in [4.69, 9.17) is 5.26 Å². The van der Waals surface area contributed by atoms with E-state index in [1.54, 1.807) is 24.3 Å². The van der Waals surface area contributed by atoms with Crippen molar-refractivity contribution in [3.05, 3.63) is 46.6 Å². The minimum absolute atomic E-state index is 0.242. The second kappa shape index (κ2) is 4.72. The first-order chi connectivity index (χ1) is 8.61. The number of H-pyrrole nitrogens is 1. The normalized spacial score (nSPS) is 9.83. The molecule has 0 atom stereocenters. The number of aromatic nitrogens is 2. The van der Waals surface area contributed by atoms with Crippen LogP contribution in [-0.4, -0.2) is 16.1 Å². The summed E-state index contributed by atoms with van der Waals surface area (Å²) in [6.45, 7) is 3.77. The highest BCUT2D eigenvalue weighted by Gasteiger charge is 2.11. The Morgan fingerprint density at radius 1 is 1.33 bits per heavy atom. The summed E-state index contributed by atoms with van der Waals surface area (Å²) in [5.74, 6) is 0.288. The van der Waals surface area contributed by atoms with Gasteiger partial charge in [0.25, 0.3) is 5.91 Å². The Bertz CT molecular complexity index is 619. The molecule has 0 spiro atoms. The second-order valence-corrected chi connectivity index (χ2v) is 3.97. The fourth-order valence-corrected chi connectivity index (χ4v) is 1.48. The number of nitrogens with one attached hydrogen (secondary N) is 2. The zero-order valence-electron chi connectivity index (χ0n) is 10.1. The molecule has 2 rings (SSSR count). The number of aromatic amines is 1. The van der Waals surface area contributed by atoms with Gasteiger partial charge in [-0.3, -0.25) is 9.89 Å². The summed E-state index contributed by atoms with van der Waals surface area (Å²) in [6, 6.07) is 8.45. The molecule has 0 unspecified atom stereocenters. The molecule has 90 valence electrons. The van der Waals surface area contributed by atoms with E-state index in [1.165, 1.54) is 0 Å². The highest BCUT2D eigenvalue weighted by Crippen LogP contribution is 2.15. The summed E-state index contributed by atoms with van der Waals surface area (Å²) >= 11 is 0. The van der Waals surface area contributed by atoms with Crippen molar-refractivity contribution in [2.45, 2.75) is 13.8 Å². The third-order valence-electron chi connectivity index (χ3n) is 2.76. The van der Waals surface area contributed by atoms with Crippen LogP contribution in [0.5, 0.6) is 0 Å². The van der Waals surface area contributed by atoms with Crippen LogP contribution in [0.3, 0.4) is 0 Å². The maximum atomic E-state index is 11.9. The second-order valence-electron chi connectivity index (χ2n) is 3.97. The van der Waals surface area contributed by atoms with E-state index < -0.39 is 0 Å². The lowest BCUT2D eigenvalue weighted by Gasteiger charge is -2.03. The van der Waals surface area contributed by atoms with Crippen LogP contribution >= 0.6 is 0 Å². The number of amides is 1. The van der Waals surface area contributed by atoms with E-state index in [9.17, 15) is 4.79 Å². The molecule has 0 aliphatic carbocycles. The van der Waals surface area contributed by atoms with E-state index in [-0.39, 0.29) is 5.91 Å². The Hall–Kier alpha value is -2.61. The summed E-state index contributed by atoms with van der Waals surface area (Å²) in [7, 11) is 0. The number of anilines is 1. The van der Waals surface area contributed by atoms with Gasteiger partial charge in [-0.25, -0.2) is 0 Å². The van der Waals surface area contributed by atoms with Gasteiger partial charge in [0.05, 0.1) is 11.6 Å². The first kappa shape index (κ1) is 11.9. The molecule has 0 aliphatic heterocycles. The molecule has 0 fully saturated rings. The lowest BCUT2D eigenvalue weighted by molar-refractivity contribution is 0.102. The molecule has 1 heterocycles. The van der Waals surface area contributed by atoms with Crippen LogP contribution in [0.4, 0.5) is 5.82 Å². The average Bonchev–Trinajstić information content (AvgIpc) is 2.71. The van der Waals surface area contributed by atoms with E-state index in [2.05, 4.69) is 15.5 Å². The van der Waals surface area contributed by atoms with Crippen LogP contribution in [0.1, 0.15) is 27.2 Å². The predicted octanol–water partition coefficient (Wildman–Crippen LogP) is 2.15. The fraction of sp³-hybridized carbons (Fsp3) is 0.154. The number of rotatable bonds is 2. The number of benzene rings is 1. The lowest BCUT2D eigenvalue weighted by Crippen LogP contribution is -2.12. The Balaban J connectivity index is 2.17. The van der Waals surface area contributed by atoms with Crippen molar-refractivity contribution >= 4 is 11.7 Å². The van der Waals surface area contributed by atoms with Gasteiger partial charge in [-0.05, 0) is 38.1 Å². The van der Waals surface area contributed by atoms with Crippen molar-refractivity contribution in [3.8, 4) is 6.07 Å². The van der Waals surface area contributed by atoms with Crippen molar-refractivity contribution in [2.75, 3.05) is 5.32 Å². The quantitative estimate of drug-likeness (QED) is 0.843. The van der Waals surface area contributed by atoms with Crippen molar-refractivity contribution < 1.29 is 4.79 Å². The van der Waals surface area contributed by atoms with E-state index >= 15 is 0 Å². The molecule has 5 nitrogen and oxygen atoms in total. The van der Waals surface area contributed by atoms with Crippen LogP contribution in [0.15, 0.2) is 24.3 Å². The Morgan fingerprint density at radius 3 is 2.50 bits per heavy atom.